The number of imide groups is 1. The first kappa shape index (κ1) is 15.3. The highest BCUT2D eigenvalue weighted by atomic mass is 16.3. The molecule has 1 aliphatic carbocycles. The lowest BCUT2D eigenvalue weighted by atomic mass is 10.2. The summed E-state index contributed by atoms with van der Waals surface area (Å²) >= 11 is 0. The van der Waals surface area contributed by atoms with E-state index in [-0.39, 0.29) is 12.6 Å². The van der Waals surface area contributed by atoms with Gasteiger partial charge in [0.25, 0.3) is 0 Å². The van der Waals surface area contributed by atoms with Crippen molar-refractivity contribution < 1.29 is 14.7 Å². The van der Waals surface area contributed by atoms with Crippen LogP contribution in [0.25, 0.3) is 0 Å². The van der Waals surface area contributed by atoms with E-state index in [0.29, 0.717) is 6.54 Å². The molecule has 6 heteroatoms. The number of para-hydroxylation sites is 1. The molecule has 0 radical (unpaired) electrons. The highest BCUT2D eigenvalue weighted by molar-refractivity contribution is 5.96. The number of anilines is 1. The van der Waals surface area contributed by atoms with Crippen LogP contribution >= 0.6 is 0 Å². The summed E-state index contributed by atoms with van der Waals surface area (Å²) in [4.78, 5) is 25.2. The number of hydrogen-bond acceptors (Lipinski definition) is 4. The van der Waals surface area contributed by atoms with Gasteiger partial charge in [0.1, 0.15) is 0 Å². The normalized spacial score (nSPS) is 15.1. The summed E-state index contributed by atoms with van der Waals surface area (Å²) in [6.45, 7) is 2.00. The standard InChI is InChI=1S/C15H21N3O3/c1-11(19)9-18(13-5-3-2-4-6-13)10-14(20)17-15(21)16-12-7-8-12/h2-6,11-12,19H,7-10H2,1H3,(H2,16,17,20,21)/t11-/m0/s1. The Hall–Kier alpha value is -2.08. The lowest BCUT2D eigenvalue weighted by Gasteiger charge is -2.25. The van der Waals surface area contributed by atoms with Crippen LogP contribution in [0.15, 0.2) is 30.3 Å². The zero-order valence-electron chi connectivity index (χ0n) is 12.1. The van der Waals surface area contributed by atoms with E-state index in [2.05, 4.69) is 10.6 Å². The fourth-order valence-corrected chi connectivity index (χ4v) is 2.01. The van der Waals surface area contributed by atoms with Gasteiger partial charge in [0, 0.05) is 18.3 Å². The first-order valence-electron chi connectivity index (χ1n) is 7.13. The lowest BCUT2D eigenvalue weighted by molar-refractivity contribution is -0.118. The second-order valence-corrected chi connectivity index (χ2v) is 5.36. The fraction of sp³-hybridized carbons (Fsp3) is 0.467. The van der Waals surface area contributed by atoms with Crippen LogP contribution in [0.2, 0.25) is 0 Å². The molecule has 1 aromatic carbocycles. The Bertz CT molecular complexity index is 486. The first-order valence-corrected chi connectivity index (χ1v) is 7.13. The Morgan fingerprint density at radius 2 is 2.00 bits per heavy atom. The smallest absolute Gasteiger partial charge is 0.321 e. The molecule has 3 amide bonds. The Morgan fingerprint density at radius 3 is 2.57 bits per heavy atom. The number of aliphatic hydroxyl groups is 1. The zero-order chi connectivity index (χ0) is 15.2. The van der Waals surface area contributed by atoms with Crippen LogP contribution in [-0.4, -0.2) is 42.3 Å². The van der Waals surface area contributed by atoms with Crippen molar-refractivity contribution >= 4 is 17.6 Å². The Morgan fingerprint density at radius 1 is 1.33 bits per heavy atom. The number of benzene rings is 1. The summed E-state index contributed by atoms with van der Waals surface area (Å²) in [5.74, 6) is -0.391. The monoisotopic (exact) mass is 291 g/mol. The summed E-state index contributed by atoms with van der Waals surface area (Å²) in [6.07, 6.45) is 1.37. The third-order valence-electron chi connectivity index (χ3n) is 3.11. The van der Waals surface area contributed by atoms with Gasteiger partial charge in [-0.05, 0) is 31.9 Å². The molecular formula is C15H21N3O3. The maximum atomic E-state index is 11.9. The molecule has 0 saturated heterocycles. The molecule has 1 aromatic rings. The minimum absolute atomic E-state index is 0.0208. The zero-order valence-corrected chi connectivity index (χ0v) is 12.1. The number of rotatable bonds is 6. The van der Waals surface area contributed by atoms with Gasteiger partial charge in [-0.25, -0.2) is 4.79 Å². The molecule has 0 aliphatic heterocycles. The first-order chi connectivity index (χ1) is 10.0. The van der Waals surface area contributed by atoms with Crippen LogP contribution in [-0.2, 0) is 4.79 Å². The predicted octanol–water partition coefficient (Wildman–Crippen LogP) is 0.862. The highest BCUT2D eigenvalue weighted by Crippen LogP contribution is 2.18. The van der Waals surface area contributed by atoms with Crippen LogP contribution < -0.4 is 15.5 Å². The molecule has 21 heavy (non-hydrogen) atoms. The number of carbonyl (C=O) groups is 2. The van der Waals surface area contributed by atoms with Crippen molar-refractivity contribution in [3.8, 4) is 0 Å². The van der Waals surface area contributed by atoms with Gasteiger partial charge >= 0.3 is 6.03 Å². The molecule has 6 nitrogen and oxygen atoms in total. The molecule has 3 N–H and O–H groups in total. The molecule has 0 bridgehead atoms. The summed E-state index contributed by atoms with van der Waals surface area (Å²) in [5, 5.41) is 14.6. The van der Waals surface area contributed by atoms with Crippen LogP contribution in [0.5, 0.6) is 0 Å². The molecule has 0 spiro atoms. The van der Waals surface area contributed by atoms with Gasteiger partial charge in [0.05, 0.1) is 12.6 Å². The minimum atomic E-state index is -0.571. The number of carbonyl (C=O) groups excluding carboxylic acids is 2. The summed E-state index contributed by atoms with van der Waals surface area (Å²) in [5.41, 5.74) is 0.830. The van der Waals surface area contributed by atoms with Gasteiger partial charge in [0.15, 0.2) is 0 Å². The van der Waals surface area contributed by atoms with Gasteiger partial charge in [0.2, 0.25) is 5.91 Å². The number of nitrogens with zero attached hydrogens (tertiary/aromatic N) is 1. The summed E-state index contributed by atoms with van der Waals surface area (Å²) in [6, 6.07) is 9.09. The SMILES string of the molecule is C[C@H](O)CN(CC(=O)NC(=O)NC1CC1)c1ccccc1. The van der Waals surface area contributed by atoms with E-state index in [4.69, 9.17) is 0 Å². The molecular weight excluding hydrogens is 270 g/mol. The molecule has 2 rings (SSSR count). The van der Waals surface area contributed by atoms with Crippen LogP contribution in [0.4, 0.5) is 10.5 Å². The lowest BCUT2D eigenvalue weighted by Crippen LogP contribution is -2.46. The molecule has 0 aromatic heterocycles. The van der Waals surface area contributed by atoms with E-state index in [0.717, 1.165) is 18.5 Å². The predicted molar refractivity (Wildman–Crippen MR) is 80.0 cm³/mol. The Kier molecular flexibility index (Phi) is 5.16. The van der Waals surface area contributed by atoms with Crippen LogP contribution in [0.1, 0.15) is 19.8 Å². The van der Waals surface area contributed by atoms with Gasteiger partial charge in [-0.2, -0.15) is 0 Å². The van der Waals surface area contributed by atoms with Crippen molar-refractivity contribution in [3.05, 3.63) is 30.3 Å². The van der Waals surface area contributed by atoms with Crippen LogP contribution in [0, 0.1) is 0 Å². The number of urea groups is 1. The summed E-state index contributed by atoms with van der Waals surface area (Å²) < 4.78 is 0. The van der Waals surface area contributed by atoms with E-state index in [1.54, 1.807) is 11.8 Å². The highest BCUT2D eigenvalue weighted by Gasteiger charge is 2.24. The Balaban J connectivity index is 1.90. The van der Waals surface area contributed by atoms with Gasteiger partial charge in [-0.15, -0.1) is 0 Å². The topological polar surface area (TPSA) is 81.7 Å². The quantitative estimate of drug-likeness (QED) is 0.726. The van der Waals surface area contributed by atoms with Crippen molar-refractivity contribution in [2.45, 2.75) is 31.9 Å². The number of aliphatic hydroxyl groups excluding tert-OH is 1. The molecule has 1 aliphatic rings. The molecule has 114 valence electrons. The van der Waals surface area contributed by atoms with Gasteiger partial charge < -0.3 is 15.3 Å². The maximum Gasteiger partial charge on any atom is 0.321 e. The average Bonchev–Trinajstić information content (AvgIpc) is 3.22. The molecule has 0 heterocycles. The van der Waals surface area contributed by atoms with E-state index < -0.39 is 18.0 Å². The van der Waals surface area contributed by atoms with Crippen molar-refractivity contribution in [2.75, 3.05) is 18.0 Å². The third kappa shape index (κ3) is 5.43. The van der Waals surface area contributed by atoms with Gasteiger partial charge in [-0.1, -0.05) is 18.2 Å². The second-order valence-electron chi connectivity index (χ2n) is 5.36. The Labute approximate surface area is 124 Å². The van der Waals surface area contributed by atoms with Crippen molar-refractivity contribution in [1.29, 1.82) is 0 Å². The van der Waals surface area contributed by atoms with E-state index in [1.807, 2.05) is 30.3 Å². The van der Waals surface area contributed by atoms with Crippen LogP contribution in [0.3, 0.4) is 0 Å². The van der Waals surface area contributed by atoms with E-state index in [1.165, 1.54) is 0 Å². The van der Waals surface area contributed by atoms with Crippen molar-refractivity contribution in [3.63, 3.8) is 0 Å². The molecule has 0 unspecified atom stereocenters. The number of nitrogens with one attached hydrogen (secondary N) is 2. The molecule has 1 saturated carbocycles. The largest absolute Gasteiger partial charge is 0.392 e. The second kappa shape index (κ2) is 7.08. The minimum Gasteiger partial charge on any atom is -0.392 e. The third-order valence-corrected chi connectivity index (χ3v) is 3.11. The fourth-order valence-electron chi connectivity index (χ4n) is 2.01. The maximum absolute atomic E-state index is 11.9. The van der Waals surface area contributed by atoms with Crippen molar-refractivity contribution in [2.24, 2.45) is 0 Å². The van der Waals surface area contributed by atoms with Crippen molar-refractivity contribution in [1.82, 2.24) is 10.6 Å². The molecule has 1 atom stereocenters. The summed E-state index contributed by atoms with van der Waals surface area (Å²) in [7, 11) is 0. The number of hydrogen-bond donors (Lipinski definition) is 3. The van der Waals surface area contributed by atoms with Gasteiger partial charge in [-0.3, -0.25) is 10.1 Å². The van der Waals surface area contributed by atoms with E-state index in [9.17, 15) is 14.7 Å². The average molecular weight is 291 g/mol. The van der Waals surface area contributed by atoms with E-state index >= 15 is 0 Å². The number of amides is 3. The molecule has 1 fully saturated rings.